The van der Waals surface area contributed by atoms with Crippen LogP contribution in [0, 0.1) is 0 Å². The number of rotatable bonds is 16. The molecule has 0 aliphatic heterocycles. The normalized spacial score (nSPS) is 11.8. The molecule has 0 bridgehead atoms. The van der Waals surface area contributed by atoms with Crippen molar-refractivity contribution in [3.63, 3.8) is 0 Å². The average Bonchev–Trinajstić information content (AvgIpc) is 2.61. The number of ether oxygens (including phenoxy) is 4. The molecule has 0 aliphatic carbocycles. The summed E-state index contributed by atoms with van der Waals surface area (Å²) in [5.74, 6) is 0.103. The van der Waals surface area contributed by atoms with Crippen LogP contribution in [0.5, 0.6) is 0 Å². The van der Waals surface area contributed by atoms with Crippen LogP contribution in [0.15, 0.2) is 0 Å². The third-order valence-corrected chi connectivity index (χ3v) is 3.34. The number of hydrogen-bond donors (Lipinski definition) is 2. The molecule has 0 aliphatic rings. The first-order chi connectivity index (χ1) is 12.1. The third-order valence-electron chi connectivity index (χ3n) is 3.34. The fourth-order valence-corrected chi connectivity index (χ4v) is 1.90. The summed E-state index contributed by atoms with van der Waals surface area (Å²) in [4.78, 5) is 22.8. The summed E-state index contributed by atoms with van der Waals surface area (Å²) in [6, 6.07) is 0. The van der Waals surface area contributed by atoms with Crippen molar-refractivity contribution in [3.05, 3.63) is 0 Å². The summed E-state index contributed by atoms with van der Waals surface area (Å²) in [5.41, 5.74) is 0. The molecule has 8 nitrogen and oxygen atoms in total. The van der Waals surface area contributed by atoms with E-state index in [4.69, 9.17) is 18.9 Å². The van der Waals surface area contributed by atoms with Crippen molar-refractivity contribution in [2.24, 2.45) is 0 Å². The molecular formula is C17H34N2O6. The van der Waals surface area contributed by atoms with Crippen molar-refractivity contribution in [1.29, 1.82) is 0 Å². The molecule has 2 N–H and O–H groups in total. The van der Waals surface area contributed by atoms with Crippen molar-refractivity contribution in [2.75, 3.05) is 53.7 Å². The number of methoxy groups -OCH3 is 2. The smallest absolute Gasteiger partial charge is 0.407 e. The second-order valence-electron chi connectivity index (χ2n) is 5.61. The van der Waals surface area contributed by atoms with Gasteiger partial charge in [-0.3, -0.25) is 4.79 Å². The highest BCUT2D eigenvalue weighted by Crippen LogP contribution is 1.97. The van der Waals surface area contributed by atoms with Crippen LogP contribution in [0.25, 0.3) is 0 Å². The van der Waals surface area contributed by atoms with E-state index in [2.05, 4.69) is 10.6 Å². The van der Waals surface area contributed by atoms with E-state index in [1.807, 2.05) is 6.92 Å². The summed E-state index contributed by atoms with van der Waals surface area (Å²) < 4.78 is 20.5. The van der Waals surface area contributed by atoms with Gasteiger partial charge < -0.3 is 29.6 Å². The van der Waals surface area contributed by atoms with Gasteiger partial charge in [-0.25, -0.2) is 4.79 Å². The van der Waals surface area contributed by atoms with Gasteiger partial charge in [-0.15, -0.1) is 0 Å². The molecule has 0 aromatic heterocycles. The molecule has 0 aromatic carbocycles. The van der Waals surface area contributed by atoms with Gasteiger partial charge in [0.1, 0.15) is 12.7 Å². The second-order valence-corrected chi connectivity index (χ2v) is 5.61. The topological polar surface area (TPSA) is 95.1 Å². The van der Waals surface area contributed by atoms with Crippen LogP contribution < -0.4 is 10.6 Å². The van der Waals surface area contributed by atoms with Gasteiger partial charge in [-0.05, 0) is 25.7 Å². The molecule has 0 aromatic rings. The maximum absolute atomic E-state index is 11.5. The minimum absolute atomic E-state index is 0.103. The monoisotopic (exact) mass is 362 g/mol. The minimum Gasteiger partial charge on any atom is -0.447 e. The molecule has 8 heteroatoms. The number of unbranched alkanes of at least 4 members (excludes halogenated alkanes) is 1. The zero-order valence-electron chi connectivity index (χ0n) is 15.8. The average molecular weight is 362 g/mol. The summed E-state index contributed by atoms with van der Waals surface area (Å²) in [6.45, 7) is 4.96. The van der Waals surface area contributed by atoms with Crippen LogP contribution in [0.1, 0.15) is 39.0 Å². The van der Waals surface area contributed by atoms with E-state index in [1.54, 1.807) is 14.2 Å². The molecule has 0 radical (unpaired) electrons. The van der Waals surface area contributed by atoms with E-state index in [9.17, 15) is 9.59 Å². The van der Waals surface area contributed by atoms with Crippen molar-refractivity contribution in [2.45, 2.75) is 45.1 Å². The van der Waals surface area contributed by atoms with Gasteiger partial charge in [0.15, 0.2) is 0 Å². The van der Waals surface area contributed by atoms with Gasteiger partial charge in [-0.2, -0.15) is 0 Å². The second kappa shape index (κ2) is 17.4. The van der Waals surface area contributed by atoms with Gasteiger partial charge in [0.25, 0.3) is 0 Å². The molecule has 0 spiro atoms. The van der Waals surface area contributed by atoms with E-state index in [0.717, 1.165) is 25.8 Å². The Bertz CT molecular complexity index is 341. The number of carbonyl (C=O) groups is 2. The Balaban J connectivity index is 3.37. The Morgan fingerprint density at radius 3 is 2.40 bits per heavy atom. The van der Waals surface area contributed by atoms with Gasteiger partial charge in [0.05, 0.1) is 6.61 Å². The molecule has 0 rings (SSSR count). The maximum Gasteiger partial charge on any atom is 0.407 e. The summed E-state index contributed by atoms with van der Waals surface area (Å²) >= 11 is 0. The van der Waals surface area contributed by atoms with Crippen LogP contribution in [0.2, 0.25) is 0 Å². The Morgan fingerprint density at radius 1 is 0.960 bits per heavy atom. The standard InChI is InChI=1S/C17H34N2O6/c1-4-9-18-16(20)8-5-6-11-24-12-7-10-19-17(21)25-14-15(23-3)13-22-2/h15H,4-14H2,1-3H3,(H,18,20)(H,19,21). The lowest BCUT2D eigenvalue weighted by atomic mass is 10.2. The minimum atomic E-state index is -0.476. The van der Waals surface area contributed by atoms with Crippen molar-refractivity contribution < 1.29 is 28.5 Å². The molecule has 0 fully saturated rings. The number of carbonyl (C=O) groups excluding carboxylic acids is 2. The number of amides is 2. The van der Waals surface area contributed by atoms with Crippen LogP contribution >= 0.6 is 0 Å². The fourth-order valence-electron chi connectivity index (χ4n) is 1.90. The van der Waals surface area contributed by atoms with E-state index >= 15 is 0 Å². The molecule has 2 amide bonds. The largest absolute Gasteiger partial charge is 0.447 e. The molecular weight excluding hydrogens is 328 g/mol. The predicted octanol–water partition coefficient (Wildman–Crippen LogP) is 1.48. The summed E-state index contributed by atoms with van der Waals surface area (Å²) in [6.07, 6.45) is 3.14. The lowest BCUT2D eigenvalue weighted by molar-refractivity contribution is -0.121. The Hall–Kier alpha value is -1.38. The molecule has 1 unspecified atom stereocenters. The molecule has 148 valence electrons. The highest BCUT2D eigenvalue weighted by Gasteiger charge is 2.10. The highest BCUT2D eigenvalue weighted by atomic mass is 16.6. The lowest BCUT2D eigenvalue weighted by Crippen LogP contribution is -2.31. The molecule has 0 heterocycles. The number of alkyl carbamates (subject to hydrolysis) is 1. The van der Waals surface area contributed by atoms with Crippen molar-refractivity contribution in [1.82, 2.24) is 10.6 Å². The third kappa shape index (κ3) is 15.9. The summed E-state index contributed by atoms with van der Waals surface area (Å²) in [7, 11) is 3.10. The van der Waals surface area contributed by atoms with Crippen LogP contribution in [0.4, 0.5) is 4.79 Å². The van der Waals surface area contributed by atoms with Gasteiger partial charge in [0, 0.05) is 46.9 Å². The van der Waals surface area contributed by atoms with Crippen molar-refractivity contribution in [3.8, 4) is 0 Å². The predicted molar refractivity (Wildman–Crippen MR) is 94.6 cm³/mol. The molecule has 0 saturated carbocycles. The van der Waals surface area contributed by atoms with E-state index in [0.29, 0.717) is 39.2 Å². The number of nitrogens with one attached hydrogen (secondary N) is 2. The Morgan fingerprint density at radius 2 is 1.72 bits per heavy atom. The van der Waals surface area contributed by atoms with Crippen LogP contribution in [-0.2, 0) is 23.7 Å². The quantitative estimate of drug-likeness (QED) is 0.404. The van der Waals surface area contributed by atoms with Crippen LogP contribution in [-0.4, -0.2) is 71.8 Å². The maximum atomic E-state index is 11.5. The van der Waals surface area contributed by atoms with Gasteiger partial charge in [-0.1, -0.05) is 6.92 Å². The first-order valence-corrected chi connectivity index (χ1v) is 8.90. The first kappa shape index (κ1) is 23.6. The van der Waals surface area contributed by atoms with E-state index in [1.165, 1.54) is 0 Å². The zero-order chi connectivity index (χ0) is 18.8. The highest BCUT2D eigenvalue weighted by molar-refractivity contribution is 5.75. The Kier molecular flexibility index (Phi) is 16.5. The zero-order valence-corrected chi connectivity index (χ0v) is 15.8. The van der Waals surface area contributed by atoms with E-state index in [-0.39, 0.29) is 18.6 Å². The number of hydrogen-bond acceptors (Lipinski definition) is 6. The SMILES string of the molecule is CCCNC(=O)CCCCOCCCNC(=O)OCC(COC)OC. The Labute approximate surface area is 150 Å². The van der Waals surface area contributed by atoms with Crippen LogP contribution in [0.3, 0.4) is 0 Å². The van der Waals surface area contributed by atoms with E-state index < -0.39 is 6.09 Å². The lowest BCUT2D eigenvalue weighted by Gasteiger charge is -2.14. The molecule has 0 saturated heterocycles. The first-order valence-electron chi connectivity index (χ1n) is 8.90. The van der Waals surface area contributed by atoms with Gasteiger partial charge >= 0.3 is 6.09 Å². The van der Waals surface area contributed by atoms with Gasteiger partial charge in [0.2, 0.25) is 5.91 Å². The molecule has 25 heavy (non-hydrogen) atoms. The van der Waals surface area contributed by atoms with Crippen molar-refractivity contribution >= 4 is 12.0 Å². The summed E-state index contributed by atoms with van der Waals surface area (Å²) in [5, 5.41) is 5.49. The fraction of sp³-hybridized carbons (Fsp3) is 0.882. The molecule has 1 atom stereocenters.